The van der Waals surface area contributed by atoms with Crippen molar-refractivity contribution >= 4 is 22.9 Å². The molecule has 3 heterocycles. The third-order valence-electron chi connectivity index (χ3n) is 4.01. The van der Waals surface area contributed by atoms with Gasteiger partial charge in [0.2, 0.25) is 5.95 Å². The highest BCUT2D eigenvalue weighted by molar-refractivity contribution is 5.84. The second-order valence-electron chi connectivity index (χ2n) is 5.20. The summed E-state index contributed by atoms with van der Waals surface area (Å²) in [6.07, 6.45) is 6.64. The molecule has 0 aromatic carbocycles. The first-order valence-corrected chi connectivity index (χ1v) is 6.99. The van der Waals surface area contributed by atoms with Crippen LogP contribution < -0.4 is 10.6 Å². The third-order valence-corrected chi connectivity index (χ3v) is 4.01. The number of hydrogen-bond donors (Lipinski definition) is 2. The first kappa shape index (κ1) is 12.2. The molecule has 0 bridgehead atoms. The van der Waals surface area contributed by atoms with Gasteiger partial charge in [-0.1, -0.05) is 13.3 Å². The standard InChI is InChI=1S/C13H20N6/c1-2-9-4-3-6-19(7-5-9)12-10-11(16-8-15-10)17-13(14)18-12/h8-9H,2-7H2,1H3,(H3,14,15,16,17,18). The van der Waals surface area contributed by atoms with Crippen molar-refractivity contribution < 1.29 is 0 Å². The molecule has 0 radical (unpaired) electrons. The number of fused-ring (bicyclic) bond motifs is 1. The number of aromatic amines is 1. The van der Waals surface area contributed by atoms with Gasteiger partial charge in [0, 0.05) is 13.1 Å². The molecule has 0 aliphatic carbocycles. The Morgan fingerprint density at radius 2 is 2.26 bits per heavy atom. The molecule has 3 N–H and O–H groups in total. The van der Waals surface area contributed by atoms with Crippen LogP contribution in [0.2, 0.25) is 0 Å². The second kappa shape index (κ2) is 5.03. The Bertz CT molecular complexity index is 563. The zero-order valence-corrected chi connectivity index (χ0v) is 11.3. The van der Waals surface area contributed by atoms with Gasteiger partial charge in [0.25, 0.3) is 0 Å². The lowest BCUT2D eigenvalue weighted by molar-refractivity contribution is 0.459. The monoisotopic (exact) mass is 260 g/mol. The minimum absolute atomic E-state index is 0.297. The van der Waals surface area contributed by atoms with Crippen LogP contribution in [0.25, 0.3) is 11.2 Å². The van der Waals surface area contributed by atoms with Gasteiger partial charge in [-0.2, -0.15) is 9.97 Å². The molecule has 19 heavy (non-hydrogen) atoms. The fourth-order valence-electron chi connectivity index (χ4n) is 2.85. The van der Waals surface area contributed by atoms with E-state index in [9.17, 15) is 0 Å². The molecule has 3 rings (SSSR count). The van der Waals surface area contributed by atoms with E-state index in [1.807, 2.05) is 0 Å². The number of hydrogen-bond acceptors (Lipinski definition) is 5. The number of aromatic nitrogens is 4. The first-order chi connectivity index (χ1) is 9.28. The number of H-pyrrole nitrogens is 1. The number of imidazole rings is 1. The van der Waals surface area contributed by atoms with Gasteiger partial charge in [0.05, 0.1) is 6.33 Å². The highest BCUT2D eigenvalue weighted by Crippen LogP contribution is 2.27. The van der Waals surface area contributed by atoms with E-state index < -0.39 is 0 Å². The van der Waals surface area contributed by atoms with Gasteiger partial charge < -0.3 is 15.6 Å². The van der Waals surface area contributed by atoms with E-state index in [-0.39, 0.29) is 0 Å². The Morgan fingerprint density at radius 3 is 3.11 bits per heavy atom. The zero-order chi connectivity index (χ0) is 13.2. The lowest BCUT2D eigenvalue weighted by atomic mass is 9.98. The molecule has 1 atom stereocenters. The molecule has 1 saturated heterocycles. The van der Waals surface area contributed by atoms with E-state index in [0.717, 1.165) is 30.3 Å². The molecule has 1 fully saturated rings. The summed E-state index contributed by atoms with van der Waals surface area (Å²) in [5.74, 6) is 2.03. The predicted octanol–water partition coefficient (Wildman–Crippen LogP) is 1.95. The largest absolute Gasteiger partial charge is 0.368 e. The number of nitrogens with two attached hydrogens (primary N) is 1. The molecule has 1 aliphatic rings. The van der Waals surface area contributed by atoms with Gasteiger partial charge in [-0.3, -0.25) is 0 Å². The highest BCUT2D eigenvalue weighted by atomic mass is 15.2. The second-order valence-corrected chi connectivity index (χ2v) is 5.20. The molecule has 102 valence electrons. The van der Waals surface area contributed by atoms with Gasteiger partial charge in [0.15, 0.2) is 11.5 Å². The summed E-state index contributed by atoms with van der Waals surface area (Å²) in [7, 11) is 0. The summed E-state index contributed by atoms with van der Waals surface area (Å²) in [5.41, 5.74) is 7.32. The van der Waals surface area contributed by atoms with Crippen molar-refractivity contribution in [3.05, 3.63) is 6.33 Å². The molecular formula is C13H20N6. The average Bonchev–Trinajstić information content (AvgIpc) is 2.74. The number of nitrogen functional groups attached to an aromatic ring is 1. The van der Waals surface area contributed by atoms with Crippen LogP contribution in [-0.4, -0.2) is 33.0 Å². The zero-order valence-electron chi connectivity index (χ0n) is 11.3. The number of anilines is 2. The van der Waals surface area contributed by atoms with E-state index >= 15 is 0 Å². The Labute approximate surface area is 112 Å². The predicted molar refractivity (Wildman–Crippen MR) is 75.9 cm³/mol. The smallest absolute Gasteiger partial charge is 0.224 e. The van der Waals surface area contributed by atoms with Crippen molar-refractivity contribution in [1.82, 2.24) is 19.9 Å². The third kappa shape index (κ3) is 2.34. The summed E-state index contributed by atoms with van der Waals surface area (Å²) in [5, 5.41) is 0. The maximum Gasteiger partial charge on any atom is 0.224 e. The van der Waals surface area contributed by atoms with Gasteiger partial charge in [0.1, 0.15) is 5.52 Å². The van der Waals surface area contributed by atoms with E-state index in [0.29, 0.717) is 11.6 Å². The molecule has 6 heteroatoms. The van der Waals surface area contributed by atoms with Gasteiger partial charge >= 0.3 is 0 Å². The van der Waals surface area contributed by atoms with Crippen molar-refractivity contribution in [3.63, 3.8) is 0 Å². The molecule has 6 nitrogen and oxygen atoms in total. The molecule has 1 unspecified atom stereocenters. The van der Waals surface area contributed by atoms with E-state index in [1.165, 1.54) is 25.7 Å². The van der Waals surface area contributed by atoms with E-state index in [2.05, 4.69) is 31.8 Å². The van der Waals surface area contributed by atoms with Crippen molar-refractivity contribution in [2.75, 3.05) is 23.7 Å². The lowest BCUT2D eigenvalue weighted by Gasteiger charge is -2.22. The molecule has 2 aromatic heterocycles. The molecule has 0 amide bonds. The Balaban J connectivity index is 1.93. The number of nitrogens with zero attached hydrogens (tertiary/aromatic N) is 4. The maximum absolute atomic E-state index is 5.78. The fourth-order valence-corrected chi connectivity index (χ4v) is 2.85. The van der Waals surface area contributed by atoms with Gasteiger partial charge in [-0.15, -0.1) is 0 Å². The molecule has 0 spiro atoms. The topological polar surface area (TPSA) is 83.7 Å². The maximum atomic E-state index is 5.78. The van der Waals surface area contributed by atoms with Crippen LogP contribution in [0.3, 0.4) is 0 Å². The van der Waals surface area contributed by atoms with Crippen LogP contribution in [0.1, 0.15) is 32.6 Å². The summed E-state index contributed by atoms with van der Waals surface area (Å²) in [4.78, 5) is 18.2. The number of rotatable bonds is 2. The average molecular weight is 260 g/mol. The van der Waals surface area contributed by atoms with E-state index in [1.54, 1.807) is 6.33 Å². The molecular weight excluding hydrogens is 240 g/mol. The van der Waals surface area contributed by atoms with Gasteiger partial charge in [-0.05, 0) is 25.2 Å². The van der Waals surface area contributed by atoms with Crippen LogP contribution in [-0.2, 0) is 0 Å². The summed E-state index contributed by atoms with van der Waals surface area (Å²) in [6, 6.07) is 0. The summed E-state index contributed by atoms with van der Waals surface area (Å²) < 4.78 is 0. The summed E-state index contributed by atoms with van der Waals surface area (Å²) in [6.45, 7) is 4.33. The molecule has 0 saturated carbocycles. The lowest BCUT2D eigenvalue weighted by Crippen LogP contribution is -2.26. The Kier molecular flexibility index (Phi) is 3.23. The van der Waals surface area contributed by atoms with Crippen molar-refractivity contribution in [1.29, 1.82) is 0 Å². The minimum Gasteiger partial charge on any atom is -0.368 e. The SMILES string of the molecule is CCC1CCCN(c2nc(N)nc3nc[nH]c23)CC1. The van der Waals surface area contributed by atoms with Crippen molar-refractivity contribution in [3.8, 4) is 0 Å². The Morgan fingerprint density at radius 1 is 1.37 bits per heavy atom. The number of nitrogens with one attached hydrogen (secondary N) is 1. The summed E-state index contributed by atoms with van der Waals surface area (Å²) >= 11 is 0. The molecule has 2 aromatic rings. The Hall–Kier alpha value is -1.85. The van der Waals surface area contributed by atoms with Crippen molar-refractivity contribution in [2.45, 2.75) is 32.6 Å². The van der Waals surface area contributed by atoms with Crippen LogP contribution in [0, 0.1) is 5.92 Å². The van der Waals surface area contributed by atoms with Crippen LogP contribution in [0.4, 0.5) is 11.8 Å². The quantitative estimate of drug-likeness (QED) is 0.862. The van der Waals surface area contributed by atoms with Crippen molar-refractivity contribution in [2.24, 2.45) is 5.92 Å². The first-order valence-electron chi connectivity index (χ1n) is 6.99. The molecule has 1 aliphatic heterocycles. The van der Waals surface area contributed by atoms with Crippen LogP contribution in [0.5, 0.6) is 0 Å². The van der Waals surface area contributed by atoms with Crippen LogP contribution >= 0.6 is 0 Å². The van der Waals surface area contributed by atoms with Crippen LogP contribution in [0.15, 0.2) is 6.33 Å². The van der Waals surface area contributed by atoms with Gasteiger partial charge in [-0.25, -0.2) is 4.98 Å². The van der Waals surface area contributed by atoms with E-state index in [4.69, 9.17) is 5.73 Å². The minimum atomic E-state index is 0.297. The fraction of sp³-hybridized carbons (Fsp3) is 0.615. The highest BCUT2D eigenvalue weighted by Gasteiger charge is 2.20. The normalized spacial score (nSPS) is 20.7.